The summed E-state index contributed by atoms with van der Waals surface area (Å²) in [6.07, 6.45) is 2.12. The Kier molecular flexibility index (Phi) is 2.97. The van der Waals surface area contributed by atoms with Crippen molar-refractivity contribution in [1.29, 1.82) is 5.26 Å². The maximum absolute atomic E-state index is 11.1. The van der Waals surface area contributed by atoms with Crippen LogP contribution < -0.4 is 11.5 Å². The van der Waals surface area contributed by atoms with Gasteiger partial charge in [-0.2, -0.15) is 10.4 Å². The molecule has 1 aromatic heterocycles. The number of rotatable bonds is 2. The Morgan fingerprint density at radius 3 is 3.06 bits per heavy atom. The quantitative estimate of drug-likeness (QED) is 0.726. The van der Waals surface area contributed by atoms with Gasteiger partial charge in [-0.3, -0.25) is 9.48 Å². The number of primary amides is 1. The van der Waals surface area contributed by atoms with Crippen molar-refractivity contribution in [3.63, 3.8) is 0 Å². The van der Waals surface area contributed by atoms with Crippen LogP contribution >= 0.6 is 0 Å². The molecule has 2 atom stereocenters. The van der Waals surface area contributed by atoms with Crippen LogP contribution in [-0.4, -0.2) is 28.9 Å². The van der Waals surface area contributed by atoms with E-state index in [1.54, 1.807) is 0 Å². The van der Waals surface area contributed by atoms with E-state index in [-0.39, 0.29) is 23.3 Å². The fourth-order valence-electron chi connectivity index (χ4n) is 1.90. The van der Waals surface area contributed by atoms with Crippen LogP contribution in [0.3, 0.4) is 0 Å². The van der Waals surface area contributed by atoms with Gasteiger partial charge >= 0.3 is 0 Å². The number of hydrogen-bond donors (Lipinski definition) is 2. The highest BCUT2D eigenvalue weighted by Gasteiger charge is 2.29. The molecule has 0 aliphatic carbocycles. The second-order valence-electron chi connectivity index (χ2n) is 3.94. The molecule has 1 aromatic rings. The van der Waals surface area contributed by atoms with E-state index in [1.807, 2.05) is 0 Å². The average Bonchev–Trinajstić information content (AvgIpc) is 2.71. The third-order valence-electron chi connectivity index (χ3n) is 2.86. The number of nitrogens with zero attached hydrogens (tertiary/aromatic N) is 3. The number of nitrogens with two attached hydrogens (primary N) is 2. The van der Waals surface area contributed by atoms with Gasteiger partial charge in [0.1, 0.15) is 5.56 Å². The summed E-state index contributed by atoms with van der Waals surface area (Å²) in [5.41, 5.74) is 10.9. The minimum absolute atomic E-state index is 0.0831. The molecular weight excluding hydrogens is 222 g/mol. The topological polar surface area (TPSA) is 120 Å². The van der Waals surface area contributed by atoms with Gasteiger partial charge < -0.3 is 16.2 Å². The zero-order valence-corrected chi connectivity index (χ0v) is 9.17. The highest BCUT2D eigenvalue weighted by atomic mass is 16.5. The Morgan fingerprint density at radius 2 is 2.47 bits per heavy atom. The zero-order chi connectivity index (χ0) is 12.4. The summed E-state index contributed by atoms with van der Waals surface area (Å²) in [6, 6.07) is 1.99. The Labute approximate surface area is 97.9 Å². The van der Waals surface area contributed by atoms with Gasteiger partial charge in [0.25, 0.3) is 5.91 Å². The summed E-state index contributed by atoms with van der Waals surface area (Å²) in [5.74, 6) is -0.734. The number of aromatic nitrogens is 2. The van der Waals surface area contributed by atoms with Crippen molar-refractivity contribution in [1.82, 2.24) is 9.78 Å². The molecule has 2 heterocycles. The maximum atomic E-state index is 11.1. The minimum atomic E-state index is -0.626. The van der Waals surface area contributed by atoms with Gasteiger partial charge in [-0.05, 0) is 6.42 Å². The first kappa shape index (κ1) is 11.4. The third-order valence-corrected chi connectivity index (χ3v) is 2.86. The molecule has 1 fully saturated rings. The number of nitrogen functional groups attached to an aromatic ring is 1. The van der Waals surface area contributed by atoms with Gasteiger partial charge in [0.2, 0.25) is 0 Å². The van der Waals surface area contributed by atoms with E-state index in [1.165, 1.54) is 10.9 Å². The van der Waals surface area contributed by atoms with Crippen molar-refractivity contribution in [2.24, 2.45) is 11.7 Å². The molecule has 0 saturated carbocycles. The summed E-state index contributed by atoms with van der Waals surface area (Å²) in [5, 5.41) is 13.1. The lowest BCUT2D eigenvalue weighted by atomic mass is 9.97. The van der Waals surface area contributed by atoms with E-state index in [2.05, 4.69) is 11.2 Å². The standard InChI is InChI=1S/C10H13N5O2/c11-3-6-1-2-17-5-8(6)15-4-7(10(13)16)9(12)14-15/h4,6,8H,1-2,5H2,(H2,12,14)(H2,13,16)/t6?,8-/m1/s1. The first-order valence-electron chi connectivity index (χ1n) is 5.25. The summed E-state index contributed by atoms with van der Waals surface area (Å²) in [7, 11) is 0. The molecule has 0 radical (unpaired) electrons. The van der Waals surface area contributed by atoms with Crippen molar-refractivity contribution >= 4 is 11.7 Å². The van der Waals surface area contributed by atoms with Gasteiger partial charge in [-0.15, -0.1) is 0 Å². The van der Waals surface area contributed by atoms with Crippen LogP contribution in [0.2, 0.25) is 0 Å². The molecule has 0 spiro atoms. The fraction of sp³-hybridized carbons (Fsp3) is 0.500. The van der Waals surface area contributed by atoms with Crippen molar-refractivity contribution in [2.75, 3.05) is 18.9 Å². The van der Waals surface area contributed by atoms with Crippen molar-refractivity contribution in [2.45, 2.75) is 12.5 Å². The van der Waals surface area contributed by atoms with Gasteiger partial charge in [-0.1, -0.05) is 0 Å². The molecule has 7 heteroatoms. The van der Waals surface area contributed by atoms with Gasteiger partial charge in [0, 0.05) is 12.8 Å². The molecule has 1 aliphatic heterocycles. The number of carbonyl (C=O) groups is 1. The van der Waals surface area contributed by atoms with E-state index in [9.17, 15) is 4.79 Å². The summed E-state index contributed by atoms with van der Waals surface area (Å²) >= 11 is 0. The van der Waals surface area contributed by atoms with Crippen LogP contribution in [0.4, 0.5) is 5.82 Å². The van der Waals surface area contributed by atoms with Crippen LogP contribution in [-0.2, 0) is 4.74 Å². The molecule has 0 aromatic carbocycles. The fourth-order valence-corrected chi connectivity index (χ4v) is 1.90. The summed E-state index contributed by atoms with van der Waals surface area (Å²) in [4.78, 5) is 11.1. The predicted octanol–water partition coefficient (Wildman–Crippen LogP) is -0.335. The van der Waals surface area contributed by atoms with Crippen molar-refractivity contribution < 1.29 is 9.53 Å². The highest BCUT2D eigenvalue weighted by Crippen LogP contribution is 2.26. The molecular formula is C10H13N5O2. The number of hydrogen-bond acceptors (Lipinski definition) is 5. The monoisotopic (exact) mass is 235 g/mol. The van der Waals surface area contributed by atoms with Crippen molar-refractivity contribution in [3.8, 4) is 6.07 Å². The first-order chi connectivity index (χ1) is 8.13. The van der Waals surface area contributed by atoms with Crippen LogP contribution in [0.25, 0.3) is 0 Å². The Hall–Kier alpha value is -2.07. The number of amides is 1. The van der Waals surface area contributed by atoms with E-state index >= 15 is 0 Å². The molecule has 4 N–H and O–H groups in total. The Morgan fingerprint density at radius 1 is 1.71 bits per heavy atom. The van der Waals surface area contributed by atoms with Crippen LogP contribution in [0.5, 0.6) is 0 Å². The lowest BCUT2D eigenvalue weighted by molar-refractivity contribution is 0.0342. The molecule has 1 unspecified atom stereocenters. The smallest absolute Gasteiger partial charge is 0.254 e. The van der Waals surface area contributed by atoms with Crippen LogP contribution in [0.15, 0.2) is 6.20 Å². The average molecular weight is 235 g/mol. The first-order valence-corrected chi connectivity index (χ1v) is 5.25. The van der Waals surface area contributed by atoms with E-state index in [0.29, 0.717) is 19.6 Å². The van der Waals surface area contributed by atoms with E-state index in [4.69, 9.17) is 21.5 Å². The SMILES string of the molecule is N#CC1CCOC[C@H]1n1cc(C(N)=O)c(N)n1. The second kappa shape index (κ2) is 4.43. The number of carbonyl (C=O) groups excluding carboxylic acids is 1. The maximum Gasteiger partial charge on any atom is 0.254 e. The number of anilines is 1. The van der Waals surface area contributed by atoms with E-state index in [0.717, 1.165) is 0 Å². The molecule has 17 heavy (non-hydrogen) atoms. The lowest BCUT2D eigenvalue weighted by Gasteiger charge is -2.26. The lowest BCUT2D eigenvalue weighted by Crippen LogP contribution is -2.29. The predicted molar refractivity (Wildman–Crippen MR) is 58.7 cm³/mol. The van der Waals surface area contributed by atoms with Crippen molar-refractivity contribution in [3.05, 3.63) is 11.8 Å². The number of ether oxygens (including phenoxy) is 1. The minimum Gasteiger partial charge on any atom is -0.382 e. The number of nitriles is 1. The van der Waals surface area contributed by atoms with Crippen LogP contribution in [0, 0.1) is 17.2 Å². The Balaban J connectivity index is 2.30. The Bertz CT molecular complexity index is 476. The molecule has 1 amide bonds. The molecule has 1 aliphatic rings. The normalized spacial score (nSPS) is 24.2. The largest absolute Gasteiger partial charge is 0.382 e. The summed E-state index contributed by atoms with van der Waals surface area (Å²) < 4.78 is 6.81. The van der Waals surface area contributed by atoms with Gasteiger partial charge in [0.05, 0.1) is 24.6 Å². The van der Waals surface area contributed by atoms with E-state index < -0.39 is 5.91 Å². The zero-order valence-electron chi connectivity index (χ0n) is 9.17. The van der Waals surface area contributed by atoms with Gasteiger partial charge in [0.15, 0.2) is 5.82 Å². The summed E-state index contributed by atoms with van der Waals surface area (Å²) in [6.45, 7) is 0.950. The molecule has 0 bridgehead atoms. The second-order valence-corrected chi connectivity index (χ2v) is 3.94. The van der Waals surface area contributed by atoms with Crippen LogP contribution in [0.1, 0.15) is 22.8 Å². The molecule has 1 saturated heterocycles. The molecule has 90 valence electrons. The third kappa shape index (κ3) is 2.07. The molecule has 2 rings (SSSR count). The molecule has 7 nitrogen and oxygen atoms in total. The van der Waals surface area contributed by atoms with Gasteiger partial charge in [-0.25, -0.2) is 0 Å². The highest BCUT2D eigenvalue weighted by molar-refractivity contribution is 5.96.